The van der Waals surface area contributed by atoms with Crippen molar-refractivity contribution in [1.82, 2.24) is 10.3 Å². The Bertz CT molecular complexity index is 1050. The van der Waals surface area contributed by atoms with E-state index >= 15 is 0 Å². The van der Waals surface area contributed by atoms with Gasteiger partial charge in [0.05, 0.1) is 11.1 Å². The second-order valence-corrected chi connectivity index (χ2v) is 14.7. The van der Waals surface area contributed by atoms with E-state index in [0.717, 1.165) is 10.9 Å². The van der Waals surface area contributed by atoms with Gasteiger partial charge in [0.1, 0.15) is 11.2 Å². The van der Waals surface area contributed by atoms with E-state index in [9.17, 15) is 9.59 Å². The van der Waals surface area contributed by atoms with Crippen LogP contribution in [0, 0.1) is 5.92 Å². The number of para-hydroxylation sites is 1. The lowest BCUT2D eigenvalue weighted by Gasteiger charge is -2.35. The van der Waals surface area contributed by atoms with Crippen molar-refractivity contribution in [3.63, 3.8) is 0 Å². The first-order valence-corrected chi connectivity index (χ1v) is 13.2. The summed E-state index contributed by atoms with van der Waals surface area (Å²) in [6, 6.07) is 9.35. The maximum Gasteiger partial charge on any atom is 0.327 e. The molecule has 0 fully saturated rings. The lowest BCUT2D eigenvalue weighted by molar-refractivity contribution is -0.124. The third-order valence-corrected chi connectivity index (χ3v) is 10.8. The Hall–Kier alpha value is -2.54. The van der Waals surface area contributed by atoms with Crippen LogP contribution in [0.2, 0.25) is 18.1 Å². The van der Waals surface area contributed by atoms with E-state index < -0.39 is 19.8 Å². The number of hydrogen-bond acceptors (Lipinski definition) is 5. The molecule has 7 heteroatoms. The summed E-state index contributed by atoms with van der Waals surface area (Å²) in [5.41, 5.74) is 0.510. The van der Waals surface area contributed by atoms with Gasteiger partial charge in [-0.05, 0) is 43.1 Å². The highest BCUT2D eigenvalue weighted by Crippen LogP contribution is 2.37. The van der Waals surface area contributed by atoms with Gasteiger partial charge in [0.2, 0.25) is 0 Å². The zero-order chi connectivity index (χ0) is 22.5. The molecule has 1 aromatic carbocycles. The minimum Gasteiger partial charge on any atom is -0.516 e. The average Bonchev–Trinajstić information content (AvgIpc) is 2.95. The number of aliphatic imine (C=N–C) groups is 1. The Morgan fingerprint density at radius 2 is 1.83 bits per heavy atom. The summed E-state index contributed by atoms with van der Waals surface area (Å²) < 4.78 is 6.06. The molecule has 1 N–H and O–H groups in total. The fraction of sp³-hybridized carbons (Fsp3) is 0.478. The standard InChI is InChI=1S/C23H31N3O3Si/c1-14(2)23(6)21(28)25-19(26-23)18-16(13-15-11-9-10-12-17(15)24-18)20(27)29-30(7,8)22(3,4)5/h9-14H,1-8H3,(H,25,26,28). The fourth-order valence-electron chi connectivity index (χ4n) is 2.94. The minimum absolute atomic E-state index is 0.00177. The van der Waals surface area contributed by atoms with E-state index in [1.807, 2.05) is 51.2 Å². The maximum absolute atomic E-state index is 13.3. The van der Waals surface area contributed by atoms with Crippen LogP contribution in [0.4, 0.5) is 0 Å². The van der Waals surface area contributed by atoms with E-state index in [0.29, 0.717) is 17.1 Å². The molecule has 2 aromatic rings. The van der Waals surface area contributed by atoms with Gasteiger partial charge in [-0.1, -0.05) is 52.8 Å². The molecule has 3 rings (SSSR count). The molecule has 1 aromatic heterocycles. The van der Waals surface area contributed by atoms with Crippen LogP contribution in [0.5, 0.6) is 0 Å². The van der Waals surface area contributed by atoms with Gasteiger partial charge in [-0.25, -0.2) is 14.8 Å². The first kappa shape index (κ1) is 22.1. The molecule has 0 spiro atoms. The number of nitrogens with one attached hydrogen (secondary N) is 1. The molecular weight excluding hydrogens is 394 g/mol. The number of pyridine rings is 1. The van der Waals surface area contributed by atoms with Gasteiger partial charge >= 0.3 is 5.97 Å². The molecule has 1 aliphatic heterocycles. The van der Waals surface area contributed by atoms with Crippen molar-refractivity contribution in [2.75, 3.05) is 0 Å². The van der Waals surface area contributed by atoms with Gasteiger partial charge in [0.15, 0.2) is 5.84 Å². The summed E-state index contributed by atoms with van der Waals surface area (Å²) in [4.78, 5) is 35.3. The average molecular weight is 426 g/mol. The number of carbonyl (C=O) groups is 2. The molecule has 0 radical (unpaired) electrons. The Balaban J connectivity index is 2.15. The predicted molar refractivity (Wildman–Crippen MR) is 122 cm³/mol. The van der Waals surface area contributed by atoms with E-state index in [2.05, 4.69) is 31.1 Å². The summed E-state index contributed by atoms with van der Waals surface area (Å²) in [6.45, 7) is 16.0. The van der Waals surface area contributed by atoms with E-state index in [1.54, 1.807) is 13.0 Å². The summed E-state index contributed by atoms with van der Waals surface area (Å²) in [7, 11) is -2.34. The van der Waals surface area contributed by atoms with Crippen LogP contribution in [-0.2, 0) is 9.22 Å². The molecule has 1 amide bonds. The normalized spacial score (nSPS) is 19.8. The van der Waals surface area contributed by atoms with Gasteiger partial charge in [0, 0.05) is 5.39 Å². The minimum atomic E-state index is -2.34. The highest BCUT2D eigenvalue weighted by Gasteiger charge is 2.44. The Kier molecular flexibility index (Phi) is 5.39. The number of aromatic nitrogens is 1. The molecule has 6 nitrogen and oxygen atoms in total. The van der Waals surface area contributed by atoms with Gasteiger partial charge < -0.3 is 9.74 Å². The quantitative estimate of drug-likeness (QED) is 0.721. The highest BCUT2D eigenvalue weighted by atomic mass is 28.4. The van der Waals surface area contributed by atoms with Gasteiger partial charge in [0.25, 0.3) is 14.2 Å². The molecule has 0 bridgehead atoms. The molecule has 1 unspecified atom stereocenters. The van der Waals surface area contributed by atoms with Crippen molar-refractivity contribution < 1.29 is 14.0 Å². The zero-order valence-corrected chi connectivity index (χ0v) is 20.1. The van der Waals surface area contributed by atoms with Crippen molar-refractivity contribution in [3.05, 3.63) is 41.6 Å². The third-order valence-electron chi connectivity index (χ3n) is 6.48. The van der Waals surface area contributed by atoms with Gasteiger partial charge in [-0.2, -0.15) is 0 Å². The lowest BCUT2D eigenvalue weighted by Crippen LogP contribution is -2.43. The van der Waals surface area contributed by atoms with Crippen molar-refractivity contribution in [3.8, 4) is 0 Å². The van der Waals surface area contributed by atoms with E-state index in [-0.39, 0.29) is 16.9 Å². The molecule has 30 heavy (non-hydrogen) atoms. The second kappa shape index (κ2) is 7.30. The first-order valence-electron chi connectivity index (χ1n) is 10.3. The van der Waals surface area contributed by atoms with Crippen molar-refractivity contribution in [2.24, 2.45) is 10.9 Å². The SMILES string of the molecule is CC(C)C1(C)N=C(c2nc3ccccc3cc2C(=O)O[Si](C)(C)C(C)(C)C)NC1=O. The molecule has 160 valence electrons. The lowest BCUT2D eigenvalue weighted by atomic mass is 9.89. The predicted octanol–water partition coefficient (Wildman–Crippen LogP) is 4.69. The van der Waals surface area contributed by atoms with Crippen LogP contribution in [0.15, 0.2) is 35.3 Å². The van der Waals surface area contributed by atoms with Crippen LogP contribution in [0.25, 0.3) is 10.9 Å². The first-order chi connectivity index (χ1) is 13.8. The number of carbonyl (C=O) groups excluding carboxylic acids is 2. The Morgan fingerprint density at radius 3 is 2.40 bits per heavy atom. The molecule has 2 heterocycles. The summed E-state index contributed by atoms with van der Waals surface area (Å²) >= 11 is 0. The Labute approximate surface area is 179 Å². The number of amides is 1. The number of amidine groups is 1. The number of hydrogen-bond donors (Lipinski definition) is 1. The highest BCUT2D eigenvalue weighted by molar-refractivity contribution is 6.75. The zero-order valence-electron chi connectivity index (χ0n) is 19.1. The number of rotatable bonds is 4. The summed E-state index contributed by atoms with van der Waals surface area (Å²) in [6.07, 6.45) is 0. The van der Waals surface area contributed by atoms with Crippen LogP contribution in [-0.4, -0.2) is 36.6 Å². The maximum atomic E-state index is 13.3. The third kappa shape index (κ3) is 3.78. The van der Waals surface area contributed by atoms with Crippen molar-refractivity contribution in [2.45, 2.75) is 65.2 Å². The summed E-state index contributed by atoms with van der Waals surface area (Å²) in [5.74, 6) is -0.293. The molecule has 1 aliphatic rings. The van der Waals surface area contributed by atoms with Gasteiger partial charge in [-0.3, -0.25) is 4.79 Å². The topological polar surface area (TPSA) is 80.7 Å². The van der Waals surface area contributed by atoms with Gasteiger partial charge in [-0.15, -0.1) is 0 Å². The molecule has 1 atom stereocenters. The molecule has 0 saturated heterocycles. The van der Waals surface area contributed by atoms with Crippen molar-refractivity contribution in [1.29, 1.82) is 0 Å². The van der Waals surface area contributed by atoms with Crippen molar-refractivity contribution >= 4 is 36.9 Å². The van der Waals surface area contributed by atoms with Crippen LogP contribution < -0.4 is 5.32 Å². The summed E-state index contributed by atoms with van der Waals surface area (Å²) in [5, 5.41) is 3.56. The Morgan fingerprint density at radius 1 is 1.20 bits per heavy atom. The van der Waals surface area contributed by atoms with Crippen LogP contribution in [0.1, 0.15) is 57.6 Å². The number of fused-ring (bicyclic) bond motifs is 1. The molecule has 0 aliphatic carbocycles. The smallest absolute Gasteiger partial charge is 0.327 e. The van der Waals surface area contributed by atoms with Crippen LogP contribution in [0.3, 0.4) is 0 Å². The number of benzene rings is 1. The fourth-order valence-corrected chi connectivity index (χ4v) is 3.82. The molecule has 0 saturated carbocycles. The van der Waals surface area contributed by atoms with Crippen LogP contribution >= 0.6 is 0 Å². The van der Waals surface area contributed by atoms with E-state index in [4.69, 9.17) is 9.41 Å². The second-order valence-electron chi connectivity index (χ2n) is 9.94. The largest absolute Gasteiger partial charge is 0.516 e. The monoisotopic (exact) mass is 425 g/mol. The number of nitrogens with zero attached hydrogens (tertiary/aromatic N) is 2. The molecular formula is C23H31N3O3Si. The van der Waals surface area contributed by atoms with E-state index in [1.165, 1.54) is 0 Å².